The topological polar surface area (TPSA) is 35.2 Å². The maximum Gasteiger partial charge on any atom is 0.144 e. The van der Waals surface area contributed by atoms with E-state index in [1.54, 1.807) is 0 Å². The molecule has 1 aromatic carbocycles. The van der Waals surface area contributed by atoms with Gasteiger partial charge in [0.1, 0.15) is 12.0 Å². The monoisotopic (exact) mass is 333 g/mol. The summed E-state index contributed by atoms with van der Waals surface area (Å²) in [4.78, 5) is 0. The van der Waals surface area contributed by atoms with Crippen LogP contribution in [0.15, 0.2) is 12.1 Å². The van der Waals surface area contributed by atoms with Crippen LogP contribution in [-0.4, -0.2) is 6.23 Å². The molecule has 0 radical (unpaired) electrons. The molecule has 1 unspecified atom stereocenters. The summed E-state index contributed by atoms with van der Waals surface area (Å²) in [7, 11) is 0. The summed E-state index contributed by atoms with van der Waals surface area (Å²) in [5, 5.41) is 0. The second kappa shape index (κ2) is 12.4. The molecular formula is C22H39NO. The van der Waals surface area contributed by atoms with E-state index in [0.29, 0.717) is 0 Å². The Bertz CT molecular complexity index is 454. The quantitative estimate of drug-likeness (QED) is 0.332. The van der Waals surface area contributed by atoms with Crippen molar-refractivity contribution < 1.29 is 4.74 Å². The van der Waals surface area contributed by atoms with Gasteiger partial charge in [-0.25, -0.2) is 0 Å². The maximum absolute atomic E-state index is 5.73. The largest absolute Gasteiger partial charge is 0.476 e. The summed E-state index contributed by atoms with van der Waals surface area (Å²) in [6.07, 6.45) is 14.8. The lowest BCUT2D eigenvalue weighted by Crippen LogP contribution is -2.23. The van der Waals surface area contributed by atoms with Crippen molar-refractivity contribution in [3.63, 3.8) is 0 Å². The summed E-state index contributed by atoms with van der Waals surface area (Å²) in [6.45, 7) is 8.49. The number of benzene rings is 1. The average Bonchev–Trinajstić information content (AvgIpc) is 2.55. The molecule has 0 bridgehead atoms. The van der Waals surface area contributed by atoms with Gasteiger partial charge in [0.2, 0.25) is 0 Å². The minimum Gasteiger partial charge on any atom is -0.476 e. The number of unbranched alkanes of at least 4 members (excludes halogenated alkanes) is 9. The van der Waals surface area contributed by atoms with Crippen LogP contribution in [0.1, 0.15) is 94.7 Å². The van der Waals surface area contributed by atoms with Crippen LogP contribution >= 0.6 is 0 Å². The predicted molar refractivity (Wildman–Crippen MR) is 106 cm³/mol. The Hall–Kier alpha value is -1.02. The van der Waals surface area contributed by atoms with Gasteiger partial charge < -0.3 is 4.74 Å². The van der Waals surface area contributed by atoms with Gasteiger partial charge in [-0.05, 0) is 56.4 Å². The first-order valence-electron chi connectivity index (χ1n) is 10.1. The van der Waals surface area contributed by atoms with Crippen LogP contribution in [-0.2, 0) is 6.42 Å². The lowest BCUT2D eigenvalue weighted by Gasteiger charge is -2.16. The van der Waals surface area contributed by atoms with E-state index < -0.39 is 0 Å². The molecule has 0 aliphatic rings. The highest BCUT2D eigenvalue weighted by Crippen LogP contribution is 2.26. The van der Waals surface area contributed by atoms with Crippen LogP contribution in [0.2, 0.25) is 0 Å². The molecule has 0 amide bonds. The standard InChI is InChI=1S/C22H39NO/c1-5-6-7-8-9-10-11-12-13-14-15-21-16-17-22(24-20(4)23)19(3)18(21)2/h16-17,20H,5-15,23H2,1-4H3. The van der Waals surface area contributed by atoms with Crippen LogP contribution in [0, 0.1) is 13.8 Å². The van der Waals surface area contributed by atoms with E-state index in [0.717, 1.165) is 5.75 Å². The Morgan fingerprint density at radius 2 is 1.38 bits per heavy atom. The van der Waals surface area contributed by atoms with E-state index in [9.17, 15) is 0 Å². The Morgan fingerprint density at radius 1 is 0.833 bits per heavy atom. The summed E-state index contributed by atoms with van der Waals surface area (Å²) < 4.78 is 5.66. The van der Waals surface area contributed by atoms with Gasteiger partial charge >= 0.3 is 0 Å². The van der Waals surface area contributed by atoms with Crippen molar-refractivity contribution in [3.05, 3.63) is 28.8 Å². The molecule has 24 heavy (non-hydrogen) atoms. The third kappa shape index (κ3) is 8.19. The van der Waals surface area contributed by atoms with Crippen molar-refractivity contribution in [2.24, 2.45) is 5.73 Å². The lowest BCUT2D eigenvalue weighted by atomic mass is 9.97. The molecule has 0 spiro atoms. The van der Waals surface area contributed by atoms with Crippen LogP contribution in [0.3, 0.4) is 0 Å². The molecule has 0 saturated carbocycles. The van der Waals surface area contributed by atoms with E-state index in [2.05, 4.69) is 32.9 Å². The van der Waals surface area contributed by atoms with Crippen LogP contribution in [0.25, 0.3) is 0 Å². The third-order valence-corrected chi connectivity index (χ3v) is 4.96. The molecule has 0 fully saturated rings. The fourth-order valence-corrected chi connectivity index (χ4v) is 3.25. The molecule has 2 heteroatoms. The molecular weight excluding hydrogens is 294 g/mol. The van der Waals surface area contributed by atoms with Gasteiger partial charge in [0.15, 0.2) is 0 Å². The smallest absolute Gasteiger partial charge is 0.144 e. The Balaban J connectivity index is 2.20. The SMILES string of the molecule is CCCCCCCCCCCCc1ccc(OC(C)N)c(C)c1C. The lowest BCUT2D eigenvalue weighted by molar-refractivity contribution is 0.228. The first kappa shape index (κ1) is 21.0. The molecule has 2 nitrogen and oxygen atoms in total. The van der Waals surface area contributed by atoms with E-state index in [1.807, 2.05) is 6.92 Å². The van der Waals surface area contributed by atoms with Crippen molar-refractivity contribution >= 4 is 0 Å². The van der Waals surface area contributed by atoms with E-state index in [1.165, 1.54) is 87.3 Å². The Labute approximate surface area is 150 Å². The summed E-state index contributed by atoms with van der Waals surface area (Å²) in [6, 6.07) is 4.30. The average molecular weight is 334 g/mol. The molecule has 138 valence electrons. The molecule has 0 aliphatic carbocycles. The van der Waals surface area contributed by atoms with Crippen molar-refractivity contribution in [2.75, 3.05) is 0 Å². The van der Waals surface area contributed by atoms with Gasteiger partial charge in [-0.1, -0.05) is 70.8 Å². The zero-order chi connectivity index (χ0) is 17.8. The first-order chi connectivity index (χ1) is 11.6. The highest BCUT2D eigenvalue weighted by atomic mass is 16.5. The molecule has 0 saturated heterocycles. The van der Waals surface area contributed by atoms with Gasteiger partial charge in [0.05, 0.1) is 0 Å². The van der Waals surface area contributed by atoms with Gasteiger partial charge in [0.25, 0.3) is 0 Å². The number of ether oxygens (including phenoxy) is 1. The van der Waals surface area contributed by atoms with E-state index >= 15 is 0 Å². The van der Waals surface area contributed by atoms with Crippen molar-refractivity contribution in [1.29, 1.82) is 0 Å². The molecule has 0 aromatic heterocycles. The minimum absolute atomic E-state index is 0.254. The van der Waals surface area contributed by atoms with E-state index in [4.69, 9.17) is 10.5 Å². The summed E-state index contributed by atoms with van der Waals surface area (Å²) in [5.74, 6) is 0.925. The molecule has 1 atom stereocenters. The number of nitrogens with two attached hydrogens (primary N) is 1. The number of hydrogen-bond acceptors (Lipinski definition) is 2. The van der Waals surface area contributed by atoms with Crippen molar-refractivity contribution in [2.45, 2.75) is 105 Å². The minimum atomic E-state index is -0.254. The third-order valence-electron chi connectivity index (χ3n) is 4.96. The highest BCUT2D eigenvalue weighted by molar-refractivity contribution is 5.43. The number of rotatable bonds is 13. The zero-order valence-corrected chi connectivity index (χ0v) is 16.5. The highest BCUT2D eigenvalue weighted by Gasteiger charge is 2.08. The van der Waals surface area contributed by atoms with Crippen LogP contribution in [0.5, 0.6) is 5.75 Å². The number of aryl methyl sites for hydroxylation is 1. The molecule has 2 N–H and O–H groups in total. The molecule has 1 rings (SSSR count). The van der Waals surface area contributed by atoms with Crippen LogP contribution in [0.4, 0.5) is 0 Å². The fraction of sp³-hybridized carbons (Fsp3) is 0.727. The maximum atomic E-state index is 5.73. The first-order valence-corrected chi connectivity index (χ1v) is 10.1. The second-order valence-corrected chi connectivity index (χ2v) is 7.23. The molecule has 1 aromatic rings. The Morgan fingerprint density at radius 3 is 1.92 bits per heavy atom. The predicted octanol–water partition coefficient (Wildman–Crippen LogP) is 6.45. The van der Waals surface area contributed by atoms with Gasteiger partial charge in [0, 0.05) is 0 Å². The molecule has 0 aliphatic heterocycles. The van der Waals surface area contributed by atoms with E-state index in [-0.39, 0.29) is 6.23 Å². The van der Waals surface area contributed by atoms with Gasteiger partial charge in [-0.3, -0.25) is 5.73 Å². The van der Waals surface area contributed by atoms with Crippen LogP contribution < -0.4 is 10.5 Å². The van der Waals surface area contributed by atoms with Gasteiger partial charge in [-0.2, -0.15) is 0 Å². The van der Waals surface area contributed by atoms with Crippen molar-refractivity contribution in [3.8, 4) is 5.75 Å². The normalized spacial score (nSPS) is 12.4. The number of hydrogen-bond donors (Lipinski definition) is 1. The zero-order valence-electron chi connectivity index (χ0n) is 16.5. The second-order valence-electron chi connectivity index (χ2n) is 7.23. The molecule has 0 heterocycles. The van der Waals surface area contributed by atoms with Gasteiger partial charge in [-0.15, -0.1) is 0 Å². The fourth-order valence-electron chi connectivity index (χ4n) is 3.25. The summed E-state index contributed by atoms with van der Waals surface area (Å²) in [5.41, 5.74) is 9.79. The van der Waals surface area contributed by atoms with Crippen molar-refractivity contribution in [1.82, 2.24) is 0 Å². The Kier molecular flexibility index (Phi) is 10.8. The summed E-state index contributed by atoms with van der Waals surface area (Å²) >= 11 is 0.